The highest BCUT2D eigenvalue weighted by molar-refractivity contribution is 7.26. The van der Waals surface area contributed by atoms with Crippen LogP contribution >= 0.6 is 11.3 Å². The second kappa shape index (κ2) is 11.8. The number of aromatic nitrogens is 3. The second-order valence-electron chi connectivity index (χ2n) is 12.6. The van der Waals surface area contributed by atoms with E-state index in [4.69, 9.17) is 19.4 Å². The molecule has 3 aromatic heterocycles. The summed E-state index contributed by atoms with van der Waals surface area (Å²) >= 11 is 1.79. The molecule has 0 unspecified atom stereocenters. The molecule has 5 heteroatoms. The summed E-state index contributed by atoms with van der Waals surface area (Å²) in [4.78, 5) is 15.6. The van der Waals surface area contributed by atoms with Gasteiger partial charge in [0.1, 0.15) is 11.2 Å². The molecule has 0 aliphatic heterocycles. The van der Waals surface area contributed by atoms with Gasteiger partial charge in [0.25, 0.3) is 0 Å². The first-order valence-electron chi connectivity index (χ1n) is 16.9. The molecule has 0 spiro atoms. The van der Waals surface area contributed by atoms with Crippen LogP contribution in [0.2, 0.25) is 0 Å². The molecule has 236 valence electrons. The molecule has 10 rings (SSSR count). The van der Waals surface area contributed by atoms with Gasteiger partial charge in [-0.3, -0.25) is 0 Å². The number of fused-ring (bicyclic) bond motifs is 6. The molecule has 0 bridgehead atoms. The van der Waals surface area contributed by atoms with Gasteiger partial charge in [0.05, 0.1) is 0 Å². The first kappa shape index (κ1) is 28.8. The third-order valence-corrected chi connectivity index (χ3v) is 10.8. The van der Waals surface area contributed by atoms with E-state index in [1.54, 1.807) is 11.3 Å². The SMILES string of the molecule is C1=CC(c2ccccc2-c2nc(-c3ccc(-c4cccc5c4oc4ccccc45)cc3)nc(-c3cccc4c3sc3ccccc34)n2)=CCC1. The van der Waals surface area contributed by atoms with Crippen molar-refractivity contribution in [2.45, 2.75) is 12.8 Å². The van der Waals surface area contributed by atoms with E-state index >= 15 is 0 Å². The number of furan rings is 1. The summed E-state index contributed by atoms with van der Waals surface area (Å²) in [6.45, 7) is 0. The number of thiophene rings is 1. The van der Waals surface area contributed by atoms with Crippen molar-refractivity contribution in [1.29, 1.82) is 0 Å². The lowest BCUT2D eigenvalue weighted by Gasteiger charge is -2.14. The van der Waals surface area contributed by atoms with Gasteiger partial charge in [0, 0.05) is 53.2 Å². The first-order valence-corrected chi connectivity index (χ1v) is 17.7. The van der Waals surface area contributed by atoms with Crippen molar-refractivity contribution in [2.75, 3.05) is 0 Å². The summed E-state index contributed by atoms with van der Waals surface area (Å²) in [7, 11) is 0. The maximum absolute atomic E-state index is 6.36. The van der Waals surface area contributed by atoms with Gasteiger partial charge < -0.3 is 4.42 Å². The Balaban J connectivity index is 1.15. The average Bonchev–Trinajstić information content (AvgIpc) is 3.77. The zero-order valence-electron chi connectivity index (χ0n) is 27.0. The third-order valence-electron chi connectivity index (χ3n) is 9.61. The van der Waals surface area contributed by atoms with Gasteiger partial charge in [-0.2, -0.15) is 0 Å². The van der Waals surface area contributed by atoms with E-state index in [-0.39, 0.29) is 0 Å². The Kier molecular flexibility index (Phi) is 6.78. The van der Waals surface area contributed by atoms with Crippen molar-refractivity contribution < 1.29 is 4.42 Å². The summed E-state index contributed by atoms with van der Waals surface area (Å²) in [6, 6.07) is 46.5. The number of para-hydroxylation sites is 2. The molecule has 0 saturated carbocycles. The van der Waals surface area contributed by atoms with Crippen molar-refractivity contribution in [3.63, 3.8) is 0 Å². The summed E-state index contributed by atoms with van der Waals surface area (Å²) in [5.41, 5.74) is 9.17. The lowest BCUT2D eigenvalue weighted by molar-refractivity contribution is 0.670. The minimum atomic E-state index is 0.638. The van der Waals surface area contributed by atoms with Crippen LogP contribution in [0, 0.1) is 0 Å². The number of benzene rings is 6. The Hall–Kier alpha value is -6.17. The largest absolute Gasteiger partial charge is 0.455 e. The van der Waals surface area contributed by atoms with E-state index in [2.05, 4.69) is 140 Å². The minimum Gasteiger partial charge on any atom is -0.455 e. The average molecular weight is 660 g/mol. The fraction of sp³-hybridized carbons (Fsp3) is 0.0444. The molecule has 4 nitrogen and oxygen atoms in total. The Morgan fingerprint density at radius 2 is 1.12 bits per heavy atom. The van der Waals surface area contributed by atoms with Crippen molar-refractivity contribution in [2.24, 2.45) is 0 Å². The van der Waals surface area contributed by atoms with Crippen LogP contribution in [0.1, 0.15) is 18.4 Å². The van der Waals surface area contributed by atoms with Crippen molar-refractivity contribution >= 4 is 59.0 Å². The van der Waals surface area contributed by atoms with Gasteiger partial charge in [-0.1, -0.05) is 133 Å². The standard InChI is InChI=1S/C45H29N3OS/c1-2-12-28(13-3-1)31-14-4-5-17-37(31)44-46-43(47-45(48-44)38-21-11-20-36-34-16-7-9-23-40(34)50-42(36)38)30-26-24-29(25-27-30)32-18-10-19-35-33-15-6-8-22-39(33)49-41(32)35/h2,4-27H,1,3H2. The lowest BCUT2D eigenvalue weighted by Crippen LogP contribution is -2.02. The Morgan fingerprint density at radius 3 is 1.96 bits per heavy atom. The highest BCUT2D eigenvalue weighted by atomic mass is 32.1. The van der Waals surface area contributed by atoms with Gasteiger partial charge in [-0.05, 0) is 47.7 Å². The summed E-state index contributed by atoms with van der Waals surface area (Å²) in [5.74, 6) is 1.97. The molecule has 0 N–H and O–H groups in total. The van der Waals surface area contributed by atoms with Gasteiger partial charge in [0.15, 0.2) is 17.5 Å². The van der Waals surface area contributed by atoms with E-state index in [1.165, 1.54) is 25.7 Å². The Morgan fingerprint density at radius 1 is 0.480 bits per heavy atom. The van der Waals surface area contributed by atoms with E-state index < -0.39 is 0 Å². The normalized spacial score (nSPS) is 13.1. The zero-order chi connectivity index (χ0) is 33.0. The number of rotatable bonds is 5. The van der Waals surface area contributed by atoms with Crippen LogP contribution < -0.4 is 0 Å². The minimum absolute atomic E-state index is 0.638. The third kappa shape index (κ3) is 4.78. The van der Waals surface area contributed by atoms with Crippen LogP contribution in [-0.4, -0.2) is 15.0 Å². The number of hydrogen-bond donors (Lipinski definition) is 0. The van der Waals surface area contributed by atoms with Crippen molar-refractivity contribution in [3.8, 4) is 45.3 Å². The van der Waals surface area contributed by atoms with Crippen LogP contribution in [0.3, 0.4) is 0 Å². The van der Waals surface area contributed by atoms with Crippen LogP contribution in [0.25, 0.3) is 93.0 Å². The lowest BCUT2D eigenvalue weighted by atomic mass is 9.95. The van der Waals surface area contributed by atoms with E-state index in [0.717, 1.165) is 68.2 Å². The van der Waals surface area contributed by atoms with E-state index in [1.807, 2.05) is 12.1 Å². The molecule has 0 amide bonds. The van der Waals surface area contributed by atoms with Gasteiger partial charge in [0.2, 0.25) is 0 Å². The molecule has 6 aromatic carbocycles. The molecule has 9 aromatic rings. The highest BCUT2D eigenvalue weighted by Crippen LogP contribution is 2.41. The molecule has 3 heterocycles. The predicted octanol–water partition coefficient (Wildman–Crippen LogP) is 12.5. The maximum atomic E-state index is 6.36. The molecule has 1 aliphatic carbocycles. The summed E-state index contributed by atoms with van der Waals surface area (Å²) in [5, 5.41) is 4.71. The summed E-state index contributed by atoms with van der Waals surface area (Å²) < 4.78 is 8.79. The molecular weight excluding hydrogens is 631 g/mol. The fourth-order valence-corrected chi connectivity index (χ4v) is 8.40. The molecule has 1 aliphatic rings. The maximum Gasteiger partial charge on any atom is 0.165 e. The molecule has 0 radical (unpaired) electrons. The Bertz CT molecular complexity index is 2820. The van der Waals surface area contributed by atoms with Crippen molar-refractivity contribution in [3.05, 3.63) is 157 Å². The van der Waals surface area contributed by atoms with Gasteiger partial charge >= 0.3 is 0 Å². The van der Waals surface area contributed by atoms with E-state index in [9.17, 15) is 0 Å². The van der Waals surface area contributed by atoms with Crippen LogP contribution in [-0.2, 0) is 0 Å². The topological polar surface area (TPSA) is 51.8 Å². The molecule has 50 heavy (non-hydrogen) atoms. The van der Waals surface area contributed by atoms with Crippen molar-refractivity contribution in [1.82, 2.24) is 15.0 Å². The molecule has 0 saturated heterocycles. The molecule has 0 atom stereocenters. The Labute approximate surface area is 292 Å². The molecule has 0 fully saturated rings. The molecular formula is C45H29N3OS. The second-order valence-corrected chi connectivity index (χ2v) is 13.7. The van der Waals surface area contributed by atoms with Crippen LogP contribution in [0.5, 0.6) is 0 Å². The zero-order valence-corrected chi connectivity index (χ0v) is 27.8. The predicted molar refractivity (Wildman–Crippen MR) is 208 cm³/mol. The van der Waals surface area contributed by atoms with Crippen LogP contribution in [0.4, 0.5) is 0 Å². The van der Waals surface area contributed by atoms with Crippen LogP contribution in [0.15, 0.2) is 156 Å². The number of hydrogen-bond acceptors (Lipinski definition) is 5. The highest BCUT2D eigenvalue weighted by Gasteiger charge is 2.19. The van der Waals surface area contributed by atoms with E-state index in [0.29, 0.717) is 17.5 Å². The number of allylic oxidation sites excluding steroid dienone is 4. The summed E-state index contributed by atoms with van der Waals surface area (Å²) in [6.07, 6.45) is 8.85. The monoisotopic (exact) mass is 659 g/mol. The quantitative estimate of drug-likeness (QED) is 0.184. The number of nitrogens with zero attached hydrogens (tertiary/aromatic N) is 3. The smallest absolute Gasteiger partial charge is 0.165 e. The fourth-order valence-electron chi connectivity index (χ4n) is 7.19. The van der Waals surface area contributed by atoms with Gasteiger partial charge in [-0.15, -0.1) is 11.3 Å². The first-order chi connectivity index (χ1) is 24.8. The van der Waals surface area contributed by atoms with Gasteiger partial charge in [-0.25, -0.2) is 15.0 Å².